The molecule has 20 heavy (non-hydrogen) atoms. The summed E-state index contributed by atoms with van der Waals surface area (Å²) < 4.78 is 0. The predicted molar refractivity (Wildman–Crippen MR) is 83.6 cm³/mol. The number of hydrogen-bond acceptors (Lipinski definition) is 2. The summed E-state index contributed by atoms with van der Waals surface area (Å²) in [6.07, 6.45) is 7.44. The summed E-state index contributed by atoms with van der Waals surface area (Å²) in [6, 6.07) is 0.451. The first-order valence-electron chi connectivity index (χ1n) is 8.42. The highest BCUT2D eigenvalue weighted by molar-refractivity contribution is 5.82. The lowest BCUT2D eigenvalue weighted by Gasteiger charge is -2.43. The SMILES string of the molecule is CC1CCCCC1N(C)C(=O)C(C)(C)C1CCCNC1. The van der Waals surface area contributed by atoms with Crippen molar-refractivity contribution in [2.75, 3.05) is 20.1 Å². The van der Waals surface area contributed by atoms with Crippen LogP contribution in [0.5, 0.6) is 0 Å². The van der Waals surface area contributed by atoms with Crippen LogP contribution in [0, 0.1) is 17.3 Å². The van der Waals surface area contributed by atoms with Gasteiger partial charge in [0, 0.05) is 18.5 Å². The molecule has 3 nitrogen and oxygen atoms in total. The maximum Gasteiger partial charge on any atom is 0.228 e. The Kier molecular flexibility index (Phi) is 5.11. The van der Waals surface area contributed by atoms with Gasteiger partial charge in [-0.1, -0.05) is 33.6 Å². The zero-order valence-electron chi connectivity index (χ0n) is 13.7. The normalized spacial score (nSPS) is 31.9. The predicted octanol–water partition coefficient (Wildman–Crippen LogP) is 3.05. The summed E-state index contributed by atoms with van der Waals surface area (Å²) in [5.41, 5.74) is -0.237. The first-order valence-corrected chi connectivity index (χ1v) is 8.42. The monoisotopic (exact) mass is 280 g/mol. The van der Waals surface area contributed by atoms with Crippen molar-refractivity contribution in [3.8, 4) is 0 Å². The lowest BCUT2D eigenvalue weighted by atomic mass is 9.73. The number of nitrogens with one attached hydrogen (secondary N) is 1. The molecule has 0 spiro atoms. The van der Waals surface area contributed by atoms with Gasteiger partial charge >= 0.3 is 0 Å². The number of rotatable bonds is 3. The van der Waals surface area contributed by atoms with E-state index in [9.17, 15) is 4.79 Å². The van der Waals surface area contributed by atoms with Gasteiger partial charge in [-0.05, 0) is 50.6 Å². The van der Waals surface area contributed by atoms with Gasteiger partial charge in [0.2, 0.25) is 5.91 Å². The topological polar surface area (TPSA) is 32.3 Å². The second-order valence-corrected chi connectivity index (χ2v) is 7.51. The van der Waals surface area contributed by atoms with Gasteiger partial charge in [0.25, 0.3) is 0 Å². The molecule has 0 aromatic rings. The molecule has 1 amide bonds. The van der Waals surface area contributed by atoms with Gasteiger partial charge in [-0.25, -0.2) is 0 Å². The van der Waals surface area contributed by atoms with Crippen LogP contribution in [0.25, 0.3) is 0 Å². The average Bonchev–Trinajstić information content (AvgIpc) is 2.47. The Bertz CT molecular complexity index is 334. The molecule has 1 saturated carbocycles. The molecule has 2 rings (SSSR count). The minimum atomic E-state index is -0.237. The van der Waals surface area contributed by atoms with Crippen molar-refractivity contribution in [3.63, 3.8) is 0 Å². The fourth-order valence-electron chi connectivity index (χ4n) is 4.12. The standard InChI is InChI=1S/C17H32N2O/c1-13-8-5-6-10-15(13)19(4)16(20)17(2,3)14-9-7-11-18-12-14/h13-15,18H,5-12H2,1-4H3. The van der Waals surface area contributed by atoms with Crippen molar-refractivity contribution in [1.29, 1.82) is 0 Å². The molecule has 2 fully saturated rings. The highest BCUT2D eigenvalue weighted by Crippen LogP contribution is 2.36. The Labute approximate surface area is 124 Å². The van der Waals surface area contributed by atoms with E-state index in [1.807, 2.05) is 7.05 Å². The van der Waals surface area contributed by atoms with Gasteiger partial charge < -0.3 is 10.2 Å². The minimum Gasteiger partial charge on any atom is -0.342 e. The summed E-state index contributed by atoms with van der Waals surface area (Å²) in [7, 11) is 2.03. The Hall–Kier alpha value is -0.570. The summed E-state index contributed by atoms with van der Waals surface area (Å²) in [5, 5.41) is 3.45. The second kappa shape index (κ2) is 6.46. The van der Waals surface area contributed by atoms with Gasteiger partial charge in [0.05, 0.1) is 0 Å². The summed E-state index contributed by atoms with van der Waals surface area (Å²) in [5.74, 6) is 1.48. The van der Waals surface area contributed by atoms with Crippen LogP contribution in [-0.2, 0) is 4.79 Å². The van der Waals surface area contributed by atoms with Crippen molar-refractivity contribution in [3.05, 3.63) is 0 Å². The minimum absolute atomic E-state index is 0.237. The molecule has 0 aromatic carbocycles. The first kappa shape index (κ1) is 15.8. The van der Waals surface area contributed by atoms with E-state index in [2.05, 4.69) is 31.0 Å². The van der Waals surface area contributed by atoms with Crippen molar-refractivity contribution >= 4 is 5.91 Å². The summed E-state index contributed by atoms with van der Waals surface area (Å²) in [6.45, 7) is 8.71. The summed E-state index contributed by atoms with van der Waals surface area (Å²) in [4.78, 5) is 15.1. The van der Waals surface area contributed by atoms with E-state index < -0.39 is 0 Å². The Morgan fingerprint density at radius 1 is 1.15 bits per heavy atom. The first-order chi connectivity index (χ1) is 9.44. The third-order valence-corrected chi connectivity index (χ3v) is 5.75. The van der Waals surface area contributed by atoms with Crippen LogP contribution in [0.3, 0.4) is 0 Å². The Morgan fingerprint density at radius 2 is 1.85 bits per heavy atom. The van der Waals surface area contributed by atoms with Crippen LogP contribution in [0.2, 0.25) is 0 Å². The third kappa shape index (κ3) is 3.19. The zero-order valence-corrected chi connectivity index (χ0v) is 13.7. The fraction of sp³-hybridized carbons (Fsp3) is 0.941. The lowest BCUT2D eigenvalue weighted by molar-refractivity contribution is -0.146. The van der Waals surface area contributed by atoms with Crippen LogP contribution in [-0.4, -0.2) is 37.0 Å². The Balaban J connectivity index is 2.04. The molecule has 1 aliphatic heterocycles. The number of carbonyl (C=O) groups is 1. The van der Waals surface area contributed by atoms with Crippen LogP contribution in [0.15, 0.2) is 0 Å². The number of nitrogens with zero attached hydrogens (tertiary/aromatic N) is 1. The lowest BCUT2D eigenvalue weighted by Crippen LogP contribution is -2.52. The molecule has 0 bridgehead atoms. The maximum atomic E-state index is 13.0. The van der Waals surface area contributed by atoms with Crippen molar-refractivity contribution < 1.29 is 4.79 Å². The molecule has 2 aliphatic rings. The van der Waals surface area contributed by atoms with Gasteiger partial charge in [0.15, 0.2) is 0 Å². The quantitative estimate of drug-likeness (QED) is 0.862. The molecule has 3 atom stereocenters. The Morgan fingerprint density at radius 3 is 2.45 bits per heavy atom. The molecular formula is C17H32N2O. The smallest absolute Gasteiger partial charge is 0.228 e. The molecular weight excluding hydrogens is 248 g/mol. The van der Waals surface area contributed by atoms with E-state index in [0.29, 0.717) is 23.8 Å². The van der Waals surface area contributed by atoms with E-state index in [4.69, 9.17) is 0 Å². The van der Waals surface area contributed by atoms with Gasteiger partial charge in [-0.2, -0.15) is 0 Å². The summed E-state index contributed by atoms with van der Waals surface area (Å²) >= 11 is 0. The largest absolute Gasteiger partial charge is 0.342 e. The molecule has 3 unspecified atom stereocenters. The molecule has 0 aromatic heterocycles. The molecule has 3 heteroatoms. The molecule has 1 N–H and O–H groups in total. The molecule has 1 heterocycles. The highest BCUT2D eigenvalue weighted by atomic mass is 16.2. The number of carbonyl (C=O) groups excluding carboxylic acids is 1. The van der Waals surface area contributed by atoms with Crippen LogP contribution >= 0.6 is 0 Å². The van der Waals surface area contributed by atoms with E-state index >= 15 is 0 Å². The number of hydrogen-bond donors (Lipinski definition) is 1. The van der Waals surface area contributed by atoms with E-state index in [1.54, 1.807) is 0 Å². The van der Waals surface area contributed by atoms with Crippen molar-refractivity contribution in [1.82, 2.24) is 10.2 Å². The van der Waals surface area contributed by atoms with E-state index in [1.165, 1.54) is 38.5 Å². The molecule has 0 radical (unpaired) electrons. The van der Waals surface area contributed by atoms with Crippen LogP contribution in [0.4, 0.5) is 0 Å². The van der Waals surface area contributed by atoms with E-state index in [0.717, 1.165) is 13.1 Å². The van der Waals surface area contributed by atoms with Gasteiger partial charge in [-0.3, -0.25) is 4.79 Å². The van der Waals surface area contributed by atoms with Crippen LogP contribution < -0.4 is 5.32 Å². The van der Waals surface area contributed by atoms with Gasteiger partial charge in [-0.15, -0.1) is 0 Å². The van der Waals surface area contributed by atoms with Gasteiger partial charge in [0.1, 0.15) is 0 Å². The molecule has 1 saturated heterocycles. The average molecular weight is 280 g/mol. The molecule has 1 aliphatic carbocycles. The highest BCUT2D eigenvalue weighted by Gasteiger charge is 2.41. The fourth-order valence-corrected chi connectivity index (χ4v) is 4.12. The number of piperidine rings is 1. The van der Waals surface area contributed by atoms with E-state index in [-0.39, 0.29) is 5.41 Å². The second-order valence-electron chi connectivity index (χ2n) is 7.51. The van der Waals surface area contributed by atoms with Crippen molar-refractivity contribution in [2.24, 2.45) is 17.3 Å². The zero-order chi connectivity index (χ0) is 14.8. The third-order valence-electron chi connectivity index (χ3n) is 5.75. The molecule has 116 valence electrons. The maximum absolute atomic E-state index is 13.0. The van der Waals surface area contributed by atoms with Crippen molar-refractivity contribution in [2.45, 2.75) is 65.3 Å². The number of amides is 1. The van der Waals surface area contributed by atoms with Crippen LogP contribution in [0.1, 0.15) is 59.3 Å².